The summed E-state index contributed by atoms with van der Waals surface area (Å²) < 4.78 is 10.2. The zero-order valence-electron chi connectivity index (χ0n) is 19.2. The lowest BCUT2D eigenvalue weighted by atomic mass is 9.52. The number of hydrogen-bond acceptors (Lipinski definition) is 8. The van der Waals surface area contributed by atoms with Gasteiger partial charge in [-0.2, -0.15) is 0 Å². The molecule has 0 saturated heterocycles. The fourth-order valence-corrected chi connectivity index (χ4v) is 5.41. The lowest BCUT2D eigenvalue weighted by molar-refractivity contribution is -0.143. The first kappa shape index (κ1) is 23.6. The normalized spacial score (nSPS) is 26.0. The van der Waals surface area contributed by atoms with Gasteiger partial charge in [-0.05, 0) is 23.8 Å². The lowest BCUT2D eigenvalue weighted by Gasteiger charge is -2.49. The summed E-state index contributed by atoms with van der Waals surface area (Å²) >= 11 is 0. The van der Waals surface area contributed by atoms with Gasteiger partial charge < -0.3 is 14.6 Å². The average Bonchev–Trinajstić information content (AvgIpc) is 2.65. The predicted octanol–water partition coefficient (Wildman–Crippen LogP) is 3.06. The Labute approximate surface area is 186 Å². The highest BCUT2D eigenvalue weighted by molar-refractivity contribution is 6.39. The number of Topliss-reactive ketones (excluding diaryl/α,β-unsaturated/α-hetero) is 3. The summed E-state index contributed by atoms with van der Waals surface area (Å²) in [6.45, 7) is 9.10. The minimum absolute atomic E-state index is 0.0345. The van der Waals surface area contributed by atoms with Gasteiger partial charge in [-0.1, -0.05) is 34.1 Å². The van der Waals surface area contributed by atoms with Gasteiger partial charge in [0.25, 0.3) is 0 Å². The van der Waals surface area contributed by atoms with Gasteiger partial charge in [-0.3, -0.25) is 24.0 Å². The van der Waals surface area contributed by atoms with Crippen molar-refractivity contribution < 1.29 is 38.6 Å². The number of aliphatic hydroxyl groups is 1. The van der Waals surface area contributed by atoms with Crippen molar-refractivity contribution in [3.63, 3.8) is 0 Å². The van der Waals surface area contributed by atoms with Crippen LogP contribution in [0.2, 0.25) is 0 Å². The first-order chi connectivity index (χ1) is 14.7. The van der Waals surface area contributed by atoms with Crippen molar-refractivity contribution in [2.75, 3.05) is 6.61 Å². The second-order valence-corrected chi connectivity index (χ2v) is 9.57. The molecule has 32 heavy (non-hydrogen) atoms. The maximum absolute atomic E-state index is 13.7. The number of aliphatic hydroxyl groups excluding tert-OH is 1. The van der Waals surface area contributed by atoms with E-state index in [2.05, 4.69) is 0 Å². The standard InChI is InChI=1S/C24H28O8/c1-11(10-31-12(2)25)14-17(27)15-16(19(29)21(14)32-13(3)26)24(6)9-7-8-23(4,5)22(24)20(30)18(15)28/h11,30H,7-10H2,1-6H3/t11-,24+/m0/s1. The van der Waals surface area contributed by atoms with Gasteiger partial charge in [0.15, 0.2) is 17.3 Å². The number of ketones is 3. The molecule has 3 aliphatic rings. The van der Waals surface area contributed by atoms with Crippen molar-refractivity contribution in [3.8, 4) is 0 Å². The predicted molar refractivity (Wildman–Crippen MR) is 112 cm³/mol. The molecule has 2 atom stereocenters. The van der Waals surface area contributed by atoms with Gasteiger partial charge in [0, 0.05) is 30.8 Å². The number of carbonyl (C=O) groups is 5. The lowest BCUT2D eigenvalue weighted by Crippen LogP contribution is -2.47. The summed E-state index contributed by atoms with van der Waals surface area (Å²) in [5.74, 6) is -5.57. The fourth-order valence-electron chi connectivity index (χ4n) is 5.41. The number of hydrogen-bond donors (Lipinski definition) is 1. The van der Waals surface area contributed by atoms with Gasteiger partial charge in [-0.15, -0.1) is 0 Å². The highest BCUT2D eigenvalue weighted by atomic mass is 16.5. The second-order valence-electron chi connectivity index (χ2n) is 9.57. The molecule has 0 spiro atoms. The molecule has 1 N–H and O–H groups in total. The Morgan fingerprint density at radius 1 is 1.00 bits per heavy atom. The maximum Gasteiger partial charge on any atom is 0.308 e. The topological polar surface area (TPSA) is 124 Å². The third-order valence-electron chi connectivity index (χ3n) is 6.61. The Kier molecular flexibility index (Phi) is 5.78. The molecular formula is C24H28O8. The maximum atomic E-state index is 13.7. The third kappa shape index (κ3) is 3.51. The number of esters is 2. The van der Waals surface area contributed by atoms with Crippen molar-refractivity contribution in [2.24, 2.45) is 16.7 Å². The minimum Gasteiger partial charge on any atom is -0.504 e. The molecule has 3 rings (SSSR count). The Morgan fingerprint density at radius 3 is 2.19 bits per heavy atom. The van der Waals surface area contributed by atoms with E-state index in [1.54, 1.807) is 6.92 Å². The van der Waals surface area contributed by atoms with Crippen LogP contribution in [-0.4, -0.2) is 41.0 Å². The molecule has 0 amide bonds. The van der Waals surface area contributed by atoms with Crippen LogP contribution in [0.4, 0.5) is 0 Å². The Hall–Kier alpha value is -3.03. The van der Waals surface area contributed by atoms with E-state index in [9.17, 15) is 29.1 Å². The largest absolute Gasteiger partial charge is 0.504 e. The van der Waals surface area contributed by atoms with Crippen molar-refractivity contribution in [1.29, 1.82) is 0 Å². The van der Waals surface area contributed by atoms with E-state index >= 15 is 0 Å². The minimum atomic E-state index is -1.06. The van der Waals surface area contributed by atoms with E-state index in [-0.39, 0.29) is 17.8 Å². The quantitative estimate of drug-likeness (QED) is 0.399. The van der Waals surface area contributed by atoms with E-state index in [0.717, 1.165) is 13.3 Å². The summed E-state index contributed by atoms with van der Waals surface area (Å²) in [7, 11) is 0. The molecule has 0 unspecified atom stereocenters. The fraction of sp³-hybridized carbons (Fsp3) is 0.542. The first-order valence-corrected chi connectivity index (χ1v) is 10.6. The number of rotatable bonds is 4. The molecule has 0 aliphatic heterocycles. The highest BCUT2D eigenvalue weighted by Crippen LogP contribution is 2.59. The monoisotopic (exact) mass is 444 g/mol. The molecule has 1 fully saturated rings. The van der Waals surface area contributed by atoms with Crippen LogP contribution < -0.4 is 0 Å². The molecule has 0 aromatic heterocycles. The summed E-state index contributed by atoms with van der Waals surface area (Å²) in [5.41, 5.74) is -1.83. The van der Waals surface area contributed by atoms with Crippen LogP contribution in [0.25, 0.3) is 0 Å². The molecule has 1 saturated carbocycles. The smallest absolute Gasteiger partial charge is 0.308 e. The number of allylic oxidation sites excluding steroid dienone is 3. The van der Waals surface area contributed by atoms with Crippen LogP contribution in [0.15, 0.2) is 33.8 Å². The number of fused-ring (bicyclic) bond motifs is 2. The Balaban J connectivity index is 2.23. The van der Waals surface area contributed by atoms with Crippen LogP contribution in [0.3, 0.4) is 0 Å². The van der Waals surface area contributed by atoms with Crippen molar-refractivity contribution in [1.82, 2.24) is 0 Å². The van der Waals surface area contributed by atoms with Gasteiger partial charge in [0.05, 0.1) is 17.8 Å². The zero-order chi connectivity index (χ0) is 24.2. The first-order valence-electron chi connectivity index (χ1n) is 10.6. The summed E-state index contributed by atoms with van der Waals surface area (Å²) in [4.78, 5) is 63.5. The molecule has 3 aliphatic carbocycles. The van der Waals surface area contributed by atoms with E-state index < -0.39 is 63.1 Å². The molecule has 0 aromatic rings. The van der Waals surface area contributed by atoms with Gasteiger partial charge in [0.1, 0.15) is 0 Å². The SMILES string of the molecule is CC(=O)OC[C@H](C)C1=C(OC(C)=O)C(=O)C2=C(C(=O)C(O)=C3C(C)(C)CCC[C@]23C)C1=O. The van der Waals surface area contributed by atoms with Gasteiger partial charge in [0.2, 0.25) is 11.6 Å². The summed E-state index contributed by atoms with van der Waals surface area (Å²) in [5, 5.41) is 10.9. The van der Waals surface area contributed by atoms with Gasteiger partial charge in [-0.25, -0.2) is 0 Å². The summed E-state index contributed by atoms with van der Waals surface area (Å²) in [6, 6.07) is 0. The second kappa shape index (κ2) is 7.83. The van der Waals surface area contributed by atoms with Crippen LogP contribution in [0.5, 0.6) is 0 Å². The van der Waals surface area contributed by atoms with Crippen molar-refractivity contribution in [3.05, 3.63) is 33.8 Å². The number of ether oxygens (including phenoxy) is 2. The molecule has 0 aromatic carbocycles. The summed E-state index contributed by atoms with van der Waals surface area (Å²) in [6.07, 6.45) is 1.87. The molecule has 0 heterocycles. The molecule has 0 bridgehead atoms. The highest BCUT2D eigenvalue weighted by Gasteiger charge is 2.57. The Morgan fingerprint density at radius 2 is 1.62 bits per heavy atom. The van der Waals surface area contributed by atoms with Crippen LogP contribution in [0, 0.1) is 16.7 Å². The molecule has 8 nitrogen and oxygen atoms in total. The molecular weight excluding hydrogens is 416 g/mol. The number of carbonyl (C=O) groups excluding carboxylic acids is 5. The van der Waals surface area contributed by atoms with E-state index in [1.165, 1.54) is 13.8 Å². The average molecular weight is 444 g/mol. The van der Waals surface area contributed by atoms with Crippen molar-refractivity contribution in [2.45, 2.75) is 60.8 Å². The zero-order valence-corrected chi connectivity index (χ0v) is 19.2. The third-order valence-corrected chi connectivity index (χ3v) is 6.61. The molecule has 8 heteroatoms. The van der Waals surface area contributed by atoms with Crippen LogP contribution >= 0.6 is 0 Å². The van der Waals surface area contributed by atoms with E-state index in [1.807, 2.05) is 13.8 Å². The van der Waals surface area contributed by atoms with Crippen molar-refractivity contribution >= 4 is 29.3 Å². The molecule has 172 valence electrons. The van der Waals surface area contributed by atoms with Crippen LogP contribution in [-0.2, 0) is 33.4 Å². The molecule has 0 radical (unpaired) electrons. The van der Waals surface area contributed by atoms with E-state index in [4.69, 9.17) is 9.47 Å². The Bertz CT molecular complexity index is 1050. The van der Waals surface area contributed by atoms with Crippen LogP contribution in [0.1, 0.15) is 60.8 Å². The van der Waals surface area contributed by atoms with E-state index in [0.29, 0.717) is 18.4 Å². The van der Waals surface area contributed by atoms with Gasteiger partial charge >= 0.3 is 11.9 Å².